The first kappa shape index (κ1) is 16.2. The number of hydrogen-bond donors (Lipinski definition) is 1. The molecule has 0 bridgehead atoms. The molecule has 124 valence electrons. The van der Waals surface area contributed by atoms with Gasteiger partial charge in [0.1, 0.15) is 5.75 Å². The van der Waals surface area contributed by atoms with Gasteiger partial charge in [-0.15, -0.1) is 0 Å². The summed E-state index contributed by atoms with van der Waals surface area (Å²) in [7, 11) is 1.67. The van der Waals surface area contributed by atoms with Crippen molar-refractivity contribution in [2.75, 3.05) is 7.11 Å². The van der Waals surface area contributed by atoms with Gasteiger partial charge in [0.15, 0.2) is 0 Å². The molecule has 0 radical (unpaired) electrons. The van der Waals surface area contributed by atoms with E-state index in [1.54, 1.807) is 7.11 Å². The van der Waals surface area contributed by atoms with E-state index in [-0.39, 0.29) is 5.92 Å². The van der Waals surface area contributed by atoms with Crippen LogP contribution in [0.4, 0.5) is 0 Å². The highest BCUT2D eigenvalue weighted by Crippen LogP contribution is 2.23. The van der Waals surface area contributed by atoms with Crippen molar-refractivity contribution in [1.82, 2.24) is 10.1 Å². The average molecular weight is 323 g/mol. The van der Waals surface area contributed by atoms with Crippen molar-refractivity contribution in [3.63, 3.8) is 0 Å². The van der Waals surface area contributed by atoms with Crippen LogP contribution in [0.25, 0.3) is 11.4 Å². The Hall–Kier alpha value is -2.66. The normalized spacial score (nSPS) is 12.1. The third-order valence-electron chi connectivity index (χ3n) is 4.08. The lowest BCUT2D eigenvalue weighted by Crippen LogP contribution is -1.99. The van der Waals surface area contributed by atoms with E-state index in [0.29, 0.717) is 24.7 Å². The molecule has 1 heterocycles. The number of benzene rings is 2. The van der Waals surface area contributed by atoms with Crippen LogP contribution in [0.3, 0.4) is 0 Å². The van der Waals surface area contributed by atoms with Crippen LogP contribution in [-0.4, -0.2) is 17.3 Å². The Morgan fingerprint density at radius 3 is 2.42 bits per heavy atom. The Kier molecular flexibility index (Phi) is 4.91. The van der Waals surface area contributed by atoms with Crippen LogP contribution in [0.5, 0.6) is 5.75 Å². The first-order chi connectivity index (χ1) is 11.7. The molecule has 1 atom stereocenters. The van der Waals surface area contributed by atoms with Gasteiger partial charge in [0.2, 0.25) is 11.7 Å². The number of aromatic nitrogens is 2. The molecule has 3 rings (SSSR count). The molecule has 0 aliphatic heterocycles. The number of ether oxygens (including phenoxy) is 1. The van der Waals surface area contributed by atoms with E-state index in [9.17, 15) is 0 Å². The van der Waals surface area contributed by atoms with Crippen LogP contribution in [-0.2, 0) is 13.0 Å². The molecule has 0 saturated carbocycles. The molecular formula is C19H21N3O2. The molecule has 0 saturated heterocycles. The molecule has 24 heavy (non-hydrogen) atoms. The summed E-state index contributed by atoms with van der Waals surface area (Å²) in [6, 6.07) is 15.9. The van der Waals surface area contributed by atoms with Gasteiger partial charge in [0.25, 0.3) is 0 Å². The molecule has 0 aliphatic rings. The number of hydrogen-bond acceptors (Lipinski definition) is 5. The first-order valence-corrected chi connectivity index (χ1v) is 7.95. The van der Waals surface area contributed by atoms with E-state index in [0.717, 1.165) is 16.9 Å². The van der Waals surface area contributed by atoms with E-state index in [1.165, 1.54) is 5.56 Å². The van der Waals surface area contributed by atoms with E-state index in [4.69, 9.17) is 15.0 Å². The summed E-state index contributed by atoms with van der Waals surface area (Å²) in [5.74, 6) is 2.38. The third kappa shape index (κ3) is 3.63. The van der Waals surface area contributed by atoms with Gasteiger partial charge in [-0.1, -0.05) is 48.5 Å². The van der Waals surface area contributed by atoms with E-state index in [1.807, 2.05) is 36.4 Å². The molecule has 0 spiro atoms. The molecule has 2 aromatic carbocycles. The lowest BCUT2D eigenvalue weighted by atomic mass is 9.98. The van der Waals surface area contributed by atoms with Crippen LogP contribution in [0.15, 0.2) is 53.1 Å². The van der Waals surface area contributed by atoms with Crippen LogP contribution < -0.4 is 10.5 Å². The Labute approximate surface area is 141 Å². The second kappa shape index (κ2) is 7.27. The zero-order chi connectivity index (χ0) is 16.9. The van der Waals surface area contributed by atoms with Crippen molar-refractivity contribution in [1.29, 1.82) is 0 Å². The molecule has 1 aromatic heterocycles. The van der Waals surface area contributed by atoms with Gasteiger partial charge in [-0.25, -0.2) is 0 Å². The van der Waals surface area contributed by atoms with Gasteiger partial charge in [-0.3, -0.25) is 0 Å². The van der Waals surface area contributed by atoms with Crippen molar-refractivity contribution in [3.05, 3.63) is 65.5 Å². The minimum Gasteiger partial charge on any atom is -0.497 e. The third-order valence-corrected chi connectivity index (χ3v) is 4.08. The number of rotatable bonds is 6. The van der Waals surface area contributed by atoms with E-state index in [2.05, 4.69) is 29.2 Å². The summed E-state index contributed by atoms with van der Waals surface area (Å²) in [5, 5.41) is 4.08. The standard InChI is InChI=1S/C19H21N3O2/c1-13(15-7-9-17(23-2)10-8-15)11-18-21-19(22-24-18)16-5-3-14(12-20)4-6-16/h3-10,13H,11-12,20H2,1-2H3. The molecule has 5 heteroatoms. The van der Waals surface area contributed by atoms with Crippen molar-refractivity contribution in [2.24, 2.45) is 5.73 Å². The van der Waals surface area contributed by atoms with Crippen LogP contribution in [0.2, 0.25) is 0 Å². The van der Waals surface area contributed by atoms with Gasteiger partial charge in [0.05, 0.1) is 7.11 Å². The maximum atomic E-state index is 5.61. The van der Waals surface area contributed by atoms with Gasteiger partial charge in [0, 0.05) is 18.5 Å². The smallest absolute Gasteiger partial charge is 0.227 e. The monoisotopic (exact) mass is 323 g/mol. The zero-order valence-corrected chi connectivity index (χ0v) is 13.9. The topological polar surface area (TPSA) is 74.2 Å². The number of nitrogens with two attached hydrogens (primary N) is 1. The molecular weight excluding hydrogens is 302 g/mol. The van der Waals surface area contributed by atoms with Gasteiger partial charge in [-0.2, -0.15) is 4.98 Å². The largest absolute Gasteiger partial charge is 0.497 e. The summed E-state index contributed by atoms with van der Waals surface area (Å²) >= 11 is 0. The highest BCUT2D eigenvalue weighted by molar-refractivity contribution is 5.54. The van der Waals surface area contributed by atoms with Crippen LogP contribution in [0, 0.1) is 0 Å². The fraction of sp³-hybridized carbons (Fsp3) is 0.263. The highest BCUT2D eigenvalue weighted by atomic mass is 16.5. The molecule has 0 amide bonds. The summed E-state index contributed by atoms with van der Waals surface area (Å²) < 4.78 is 10.6. The van der Waals surface area contributed by atoms with Crippen LogP contribution >= 0.6 is 0 Å². The van der Waals surface area contributed by atoms with Crippen LogP contribution in [0.1, 0.15) is 29.9 Å². The van der Waals surface area contributed by atoms with Crippen molar-refractivity contribution in [2.45, 2.75) is 25.8 Å². The first-order valence-electron chi connectivity index (χ1n) is 7.95. The molecule has 5 nitrogen and oxygen atoms in total. The Morgan fingerprint density at radius 2 is 1.79 bits per heavy atom. The molecule has 0 aliphatic carbocycles. The second-order valence-corrected chi connectivity index (χ2v) is 5.79. The van der Waals surface area contributed by atoms with Crippen molar-refractivity contribution >= 4 is 0 Å². The fourth-order valence-corrected chi connectivity index (χ4v) is 2.56. The minimum atomic E-state index is 0.281. The highest BCUT2D eigenvalue weighted by Gasteiger charge is 2.13. The van der Waals surface area contributed by atoms with E-state index < -0.39 is 0 Å². The number of methoxy groups -OCH3 is 1. The predicted molar refractivity (Wildman–Crippen MR) is 92.7 cm³/mol. The second-order valence-electron chi connectivity index (χ2n) is 5.79. The maximum absolute atomic E-state index is 5.61. The van der Waals surface area contributed by atoms with E-state index >= 15 is 0 Å². The Morgan fingerprint density at radius 1 is 1.08 bits per heavy atom. The quantitative estimate of drug-likeness (QED) is 0.751. The Bertz CT molecular complexity index is 779. The molecule has 0 fully saturated rings. The average Bonchev–Trinajstić information content (AvgIpc) is 3.10. The lowest BCUT2D eigenvalue weighted by molar-refractivity contribution is 0.372. The SMILES string of the molecule is COc1ccc(C(C)Cc2nc(-c3ccc(CN)cc3)no2)cc1. The summed E-state index contributed by atoms with van der Waals surface area (Å²) in [6.45, 7) is 2.67. The zero-order valence-electron chi connectivity index (χ0n) is 13.9. The molecule has 2 N–H and O–H groups in total. The van der Waals surface area contributed by atoms with Gasteiger partial charge >= 0.3 is 0 Å². The summed E-state index contributed by atoms with van der Waals surface area (Å²) in [5.41, 5.74) is 8.83. The fourth-order valence-electron chi connectivity index (χ4n) is 2.56. The lowest BCUT2D eigenvalue weighted by Gasteiger charge is -2.09. The molecule has 1 unspecified atom stereocenters. The summed E-state index contributed by atoms with van der Waals surface area (Å²) in [6.07, 6.45) is 0.695. The number of nitrogens with zero attached hydrogens (tertiary/aromatic N) is 2. The van der Waals surface area contributed by atoms with Crippen molar-refractivity contribution in [3.8, 4) is 17.1 Å². The van der Waals surface area contributed by atoms with Crippen molar-refractivity contribution < 1.29 is 9.26 Å². The molecule has 3 aromatic rings. The minimum absolute atomic E-state index is 0.281. The van der Waals surface area contributed by atoms with Gasteiger partial charge < -0.3 is 15.0 Å². The summed E-state index contributed by atoms with van der Waals surface area (Å²) in [4.78, 5) is 4.50. The maximum Gasteiger partial charge on any atom is 0.227 e. The Balaban J connectivity index is 1.70. The predicted octanol–water partition coefficient (Wildman–Crippen LogP) is 3.55. The van der Waals surface area contributed by atoms with Gasteiger partial charge in [-0.05, 0) is 29.2 Å².